The number of amides is 2. The number of carbonyl (C=O) groups is 2. The van der Waals surface area contributed by atoms with E-state index >= 15 is 0 Å². The number of likely N-dealkylation sites (tertiary alicyclic amines) is 1. The number of benzene rings is 2. The van der Waals surface area contributed by atoms with E-state index < -0.39 is 5.54 Å². The van der Waals surface area contributed by atoms with E-state index in [-0.39, 0.29) is 11.8 Å². The molecule has 3 atom stereocenters. The van der Waals surface area contributed by atoms with E-state index in [1.165, 1.54) is 16.7 Å². The first kappa shape index (κ1) is 20.3. The molecule has 1 aliphatic heterocycles. The van der Waals surface area contributed by atoms with Crippen LogP contribution >= 0.6 is 0 Å². The SMILES string of the molecule is Cc1cc(C)c(NC(=O)[C@]2(N3CCC3=O)CC[C@@H]3Cc4ccccc4C[C@H]3C2)c(C)c1. The van der Waals surface area contributed by atoms with Gasteiger partial charge in [0.05, 0.1) is 0 Å². The maximum Gasteiger partial charge on any atom is 0.250 e. The van der Waals surface area contributed by atoms with E-state index in [9.17, 15) is 9.59 Å². The van der Waals surface area contributed by atoms with Crippen molar-refractivity contribution in [1.29, 1.82) is 0 Å². The lowest BCUT2D eigenvalue weighted by atomic mass is 9.62. The highest BCUT2D eigenvalue weighted by Gasteiger charge is 2.54. The van der Waals surface area contributed by atoms with E-state index in [0.717, 1.165) is 48.9 Å². The molecule has 1 N–H and O–H groups in total. The van der Waals surface area contributed by atoms with E-state index in [4.69, 9.17) is 0 Å². The third kappa shape index (κ3) is 3.37. The average Bonchev–Trinajstić information content (AvgIpc) is 2.73. The van der Waals surface area contributed by atoms with Crippen LogP contribution in [0.2, 0.25) is 0 Å². The van der Waals surface area contributed by atoms with Crippen molar-refractivity contribution in [2.24, 2.45) is 11.8 Å². The molecule has 2 aromatic rings. The van der Waals surface area contributed by atoms with Gasteiger partial charge in [-0.2, -0.15) is 0 Å². The zero-order chi connectivity index (χ0) is 21.8. The second-order valence-corrected chi connectivity index (χ2v) is 9.99. The monoisotopic (exact) mass is 416 g/mol. The number of nitrogens with one attached hydrogen (secondary N) is 1. The number of carbonyl (C=O) groups excluding carboxylic acids is 2. The minimum absolute atomic E-state index is 0.00733. The second-order valence-electron chi connectivity index (χ2n) is 9.99. The predicted octanol–water partition coefficient (Wildman–Crippen LogP) is 4.74. The molecule has 162 valence electrons. The van der Waals surface area contributed by atoms with Crippen LogP contribution in [0, 0.1) is 32.6 Å². The topological polar surface area (TPSA) is 49.4 Å². The van der Waals surface area contributed by atoms with Crippen LogP contribution in [-0.4, -0.2) is 28.8 Å². The molecule has 4 heteroatoms. The molecule has 0 bridgehead atoms. The van der Waals surface area contributed by atoms with Crippen LogP contribution in [0.5, 0.6) is 0 Å². The van der Waals surface area contributed by atoms with Crippen molar-refractivity contribution < 1.29 is 9.59 Å². The number of rotatable bonds is 3. The number of hydrogen-bond acceptors (Lipinski definition) is 2. The molecule has 0 radical (unpaired) electrons. The molecule has 2 amide bonds. The molecule has 2 fully saturated rings. The van der Waals surface area contributed by atoms with Gasteiger partial charge in [0.1, 0.15) is 5.54 Å². The van der Waals surface area contributed by atoms with Gasteiger partial charge in [-0.1, -0.05) is 42.0 Å². The molecule has 4 nitrogen and oxygen atoms in total. The van der Waals surface area contributed by atoms with Crippen molar-refractivity contribution in [3.05, 3.63) is 64.2 Å². The summed E-state index contributed by atoms with van der Waals surface area (Å²) >= 11 is 0. The molecule has 1 heterocycles. The fourth-order valence-corrected chi connectivity index (χ4v) is 6.34. The van der Waals surface area contributed by atoms with Gasteiger partial charge in [0, 0.05) is 18.7 Å². The van der Waals surface area contributed by atoms with Gasteiger partial charge in [0.2, 0.25) is 11.8 Å². The first-order chi connectivity index (χ1) is 14.9. The van der Waals surface area contributed by atoms with E-state index in [0.29, 0.717) is 24.8 Å². The molecule has 5 rings (SSSR count). The first-order valence-corrected chi connectivity index (χ1v) is 11.6. The minimum atomic E-state index is -0.716. The Morgan fingerprint density at radius 3 is 2.26 bits per heavy atom. The lowest BCUT2D eigenvalue weighted by molar-refractivity contribution is -0.159. The molecule has 2 aromatic carbocycles. The maximum absolute atomic E-state index is 13.9. The standard InChI is InChI=1S/C27H32N2O2/c1-17-12-18(2)25(19(3)13-17)28-26(31)27(29-11-9-24(29)30)10-8-22-14-20-6-4-5-7-21(20)15-23(22)16-27/h4-7,12-13,22-23H,8-11,14-16H2,1-3H3,(H,28,31)/t22-,23+,27+/m1/s1. The van der Waals surface area contributed by atoms with E-state index in [1.807, 2.05) is 18.7 Å². The highest BCUT2D eigenvalue weighted by molar-refractivity contribution is 6.02. The second kappa shape index (κ2) is 7.51. The molecule has 0 spiro atoms. The number of hydrogen-bond donors (Lipinski definition) is 1. The summed E-state index contributed by atoms with van der Waals surface area (Å²) in [6.07, 6.45) is 5.21. The number of β-lactam (4-membered cyclic amide) rings is 1. The van der Waals surface area contributed by atoms with Gasteiger partial charge >= 0.3 is 0 Å². The predicted molar refractivity (Wildman–Crippen MR) is 123 cm³/mol. The van der Waals surface area contributed by atoms with Crippen LogP contribution in [0.4, 0.5) is 5.69 Å². The van der Waals surface area contributed by atoms with E-state index in [1.54, 1.807) is 0 Å². The number of anilines is 1. The van der Waals surface area contributed by atoms with Gasteiger partial charge in [-0.15, -0.1) is 0 Å². The highest BCUT2D eigenvalue weighted by Crippen LogP contribution is 2.47. The van der Waals surface area contributed by atoms with Crippen molar-refractivity contribution in [3.8, 4) is 0 Å². The quantitative estimate of drug-likeness (QED) is 0.735. The Balaban J connectivity index is 1.46. The Kier molecular flexibility index (Phi) is 4.91. The smallest absolute Gasteiger partial charge is 0.250 e. The third-order valence-corrected chi connectivity index (χ3v) is 7.98. The lowest BCUT2D eigenvalue weighted by Gasteiger charge is -2.53. The third-order valence-electron chi connectivity index (χ3n) is 7.98. The Morgan fingerprint density at radius 1 is 1.03 bits per heavy atom. The van der Waals surface area contributed by atoms with Gasteiger partial charge < -0.3 is 10.2 Å². The fourth-order valence-electron chi connectivity index (χ4n) is 6.34. The molecule has 31 heavy (non-hydrogen) atoms. The Morgan fingerprint density at radius 2 is 1.68 bits per heavy atom. The minimum Gasteiger partial charge on any atom is -0.327 e. The van der Waals surface area contributed by atoms with Gasteiger partial charge in [0.25, 0.3) is 0 Å². The summed E-state index contributed by atoms with van der Waals surface area (Å²) in [4.78, 5) is 28.3. The zero-order valence-electron chi connectivity index (χ0n) is 18.8. The molecular formula is C27H32N2O2. The lowest BCUT2D eigenvalue weighted by Crippen LogP contribution is -2.66. The van der Waals surface area contributed by atoms with Crippen LogP contribution in [0.3, 0.4) is 0 Å². The van der Waals surface area contributed by atoms with Crippen LogP contribution in [0.15, 0.2) is 36.4 Å². The van der Waals surface area contributed by atoms with Crippen molar-refractivity contribution in [2.45, 2.75) is 64.8 Å². The van der Waals surface area contributed by atoms with Crippen LogP contribution in [0.1, 0.15) is 53.5 Å². The average molecular weight is 417 g/mol. The highest BCUT2D eigenvalue weighted by atomic mass is 16.2. The summed E-state index contributed by atoms with van der Waals surface area (Å²) < 4.78 is 0. The fraction of sp³-hybridized carbons (Fsp3) is 0.481. The zero-order valence-corrected chi connectivity index (χ0v) is 18.8. The van der Waals surface area contributed by atoms with Crippen molar-refractivity contribution >= 4 is 17.5 Å². The van der Waals surface area contributed by atoms with Crippen molar-refractivity contribution in [3.63, 3.8) is 0 Å². The first-order valence-electron chi connectivity index (χ1n) is 11.6. The number of fused-ring (bicyclic) bond motifs is 2. The maximum atomic E-state index is 13.9. The van der Waals surface area contributed by atoms with Crippen molar-refractivity contribution in [2.75, 3.05) is 11.9 Å². The summed E-state index contributed by atoms with van der Waals surface area (Å²) in [7, 11) is 0. The normalized spacial score (nSPS) is 27.2. The molecule has 0 aromatic heterocycles. The van der Waals surface area contributed by atoms with Gasteiger partial charge in [-0.25, -0.2) is 0 Å². The van der Waals surface area contributed by atoms with Gasteiger partial charge in [-0.3, -0.25) is 9.59 Å². The van der Waals surface area contributed by atoms with Crippen LogP contribution in [0.25, 0.3) is 0 Å². The van der Waals surface area contributed by atoms with Crippen LogP contribution < -0.4 is 5.32 Å². The molecule has 3 aliphatic rings. The molecule has 2 aliphatic carbocycles. The molecular weight excluding hydrogens is 384 g/mol. The Hall–Kier alpha value is -2.62. The largest absolute Gasteiger partial charge is 0.327 e. The molecule has 1 saturated heterocycles. The van der Waals surface area contributed by atoms with Crippen LogP contribution in [-0.2, 0) is 22.4 Å². The van der Waals surface area contributed by atoms with E-state index in [2.05, 4.69) is 48.6 Å². The molecule has 1 saturated carbocycles. The summed E-state index contributed by atoms with van der Waals surface area (Å²) in [5, 5.41) is 3.27. The van der Waals surface area contributed by atoms with Gasteiger partial charge in [-0.05, 0) is 87.0 Å². The summed E-state index contributed by atoms with van der Waals surface area (Å²) in [5.74, 6) is 1.19. The molecule has 0 unspecified atom stereocenters. The number of nitrogens with zero attached hydrogens (tertiary/aromatic N) is 1. The van der Waals surface area contributed by atoms with Crippen molar-refractivity contribution in [1.82, 2.24) is 4.90 Å². The Bertz CT molecular complexity index is 1040. The Labute approximate surface area is 185 Å². The summed E-state index contributed by atoms with van der Waals surface area (Å²) in [5.41, 5.74) is 6.42. The summed E-state index contributed by atoms with van der Waals surface area (Å²) in [6, 6.07) is 12.9. The summed E-state index contributed by atoms with van der Waals surface area (Å²) in [6.45, 7) is 6.87. The van der Waals surface area contributed by atoms with Gasteiger partial charge in [0.15, 0.2) is 0 Å². The number of aryl methyl sites for hydroxylation is 3.